The van der Waals surface area contributed by atoms with Crippen LogP contribution in [0.25, 0.3) is 17.4 Å². The smallest absolute Gasteiger partial charge is 0.416 e. The maximum atomic E-state index is 13.2. The Labute approximate surface area is 241 Å². The molecule has 206 valence electrons. The molecule has 0 bridgehead atoms. The SMILES string of the molecule is O=C1NC2(Oc3ccccc3C3CC(c4ccc(Cl)cc4)=NN32)/C(=C/c2ccc(-c3cccc(C(F)(F)F)c3)o2)S1. The number of hydrogen-bond acceptors (Lipinski definition) is 6. The number of thioether (sulfide) groups is 1. The van der Waals surface area contributed by atoms with Gasteiger partial charge in [-0.3, -0.25) is 10.1 Å². The van der Waals surface area contributed by atoms with E-state index in [4.69, 9.17) is 25.9 Å². The molecule has 2 unspecified atom stereocenters. The summed E-state index contributed by atoms with van der Waals surface area (Å²) >= 11 is 7.05. The summed E-state index contributed by atoms with van der Waals surface area (Å²) in [7, 11) is 0. The first-order chi connectivity index (χ1) is 19.7. The molecule has 4 aromatic rings. The van der Waals surface area contributed by atoms with Gasteiger partial charge in [0.15, 0.2) is 0 Å². The second kappa shape index (κ2) is 9.46. The predicted octanol–water partition coefficient (Wildman–Crippen LogP) is 8.31. The summed E-state index contributed by atoms with van der Waals surface area (Å²) in [6.07, 6.45) is -2.25. The lowest BCUT2D eigenvalue weighted by molar-refractivity contribution is -0.137. The number of halogens is 4. The van der Waals surface area contributed by atoms with Gasteiger partial charge in [-0.15, -0.1) is 0 Å². The number of alkyl halides is 3. The van der Waals surface area contributed by atoms with Gasteiger partial charge in [-0.05, 0) is 65.9 Å². The number of nitrogens with one attached hydrogen (secondary N) is 1. The molecule has 3 aromatic carbocycles. The van der Waals surface area contributed by atoms with E-state index in [0.717, 1.165) is 40.7 Å². The van der Waals surface area contributed by atoms with E-state index in [0.29, 0.717) is 27.9 Å². The van der Waals surface area contributed by atoms with E-state index < -0.39 is 17.6 Å². The summed E-state index contributed by atoms with van der Waals surface area (Å²) in [5.74, 6) is -0.232. The molecule has 1 aromatic heterocycles. The van der Waals surface area contributed by atoms with Gasteiger partial charge in [0.25, 0.3) is 5.24 Å². The van der Waals surface area contributed by atoms with Gasteiger partial charge in [0.2, 0.25) is 0 Å². The fourth-order valence-electron chi connectivity index (χ4n) is 5.25. The van der Waals surface area contributed by atoms with Crippen molar-refractivity contribution in [2.24, 2.45) is 5.10 Å². The number of ether oxygens (including phenoxy) is 1. The normalized spacial score (nSPS) is 22.4. The van der Waals surface area contributed by atoms with Gasteiger partial charge in [-0.2, -0.15) is 18.3 Å². The van der Waals surface area contributed by atoms with Gasteiger partial charge in [-0.1, -0.05) is 54.1 Å². The van der Waals surface area contributed by atoms with Gasteiger partial charge >= 0.3 is 12.0 Å². The third kappa shape index (κ3) is 4.47. The Morgan fingerprint density at radius 2 is 1.83 bits per heavy atom. The molecule has 3 aliphatic heterocycles. The maximum absolute atomic E-state index is 13.2. The van der Waals surface area contributed by atoms with E-state index in [1.54, 1.807) is 41.4 Å². The number of carbonyl (C=O) groups is 1. The Morgan fingerprint density at radius 3 is 2.63 bits per heavy atom. The molecule has 41 heavy (non-hydrogen) atoms. The largest absolute Gasteiger partial charge is 0.457 e. The lowest BCUT2D eigenvalue weighted by Gasteiger charge is -2.44. The number of fused-ring (bicyclic) bond motifs is 4. The average Bonchev–Trinajstić information content (AvgIpc) is 3.68. The van der Waals surface area contributed by atoms with Crippen molar-refractivity contribution in [3.05, 3.63) is 117 Å². The number of para-hydroxylation sites is 1. The van der Waals surface area contributed by atoms with Crippen LogP contribution in [0.2, 0.25) is 5.02 Å². The van der Waals surface area contributed by atoms with Crippen molar-refractivity contribution in [3.63, 3.8) is 0 Å². The molecule has 3 aliphatic rings. The fourth-order valence-corrected chi connectivity index (χ4v) is 6.26. The molecule has 1 amide bonds. The van der Waals surface area contributed by atoms with Crippen molar-refractivity contribution >= 4 is 40.4 Å². The molecule has 7 rings (SSSR count). The number of benzene rings is 3. The van der Waals surface area contributed by atoms with Crippen molar-refractivity contribution < 1.29 is 27.1 Å². The van der Waals surface area contributed by atoms with Crippen LogP contribution in [0.4, 0.5) is 18.0 Å². The monoisotopic (exact) mass is 593 g/mol. The minimum Gasteiger partial charge on any atom is -0.457 e. The Hall–Kier alpha value is -4.15. The number of carbonyl (C=O) groups excluding carboxylic acids is 1. The number of furan rings is 1. The summed E-state index contributed by atoms with van der Waals surface area (Å²) < 4.78 is 52.2. The van der Waals surface area contributed by atoms with Crippen molar-refractivity contribution in [2.75, 3.05) is 0 Å². The van der Waals surface area contributed by atoms with Crippen LogP contribution >= 0.6 is 23.4 Å². The van der Waals surface area contributed by atoms with E-state index in [9.17, 15) is 18.0 Å². The molecule has 1 spiro atoms. The average molecular weight is 594 g/mol. The Kier molecular flexibility index (Phi) is 5.95. The molecule has 1 fully saturated rings. The van der Waals surface area contributed by atoms with Crippen LogP contribution in [0.15, 0.2) is 99.4 Å². The van der Waals surface area contributed by atoms with Crippen LogP contribution in [-0.2, 0) is 6.18 Å². The fraction of sp³-hybridized carbons (Fsp3) is 0.133. The van der Waals surface area contributed by atoms with Crippen LogP contribution in [0, 0.1) is 0 Å². The molecule has 2 atom stereocenters. The lowest BCUT2D eigenvalue weighted by Crippen LogP contribution is -2.61. The minimum absolute atomic E-state index is 0.231. The summed E-state index contributed by atoms with van der Waals surface area (Å²) in [5, 5.41) is 9.93. The summed E-state index contributed by atoms with van der Waals surface area (Å²) in [5.41, 5.74) is 2.15. The molecule has 4 heterocycles. The van der Waals surface area contributed by atoms with Gasteiger partial charge in [0.05, 0.1) is 22.2 Å². The zero-order valence-corrected chi connectivity index (χ0v) is 22.6. The van der Waals surface area contributed by atoms with Gasteiger partial charge in [0, 0.05) is 22.6 Å². The third-order valence-corrected chi connectivity index (χ3v) is 8.28. The van der Waals surface area contributed by atoms with Gasteiger partial charge in [-0.25, -0.2) is 5.01 Å². The maximum Gasteiger partial charge on any atom is 0.416 e. The summed E-state index contributed by atoms with van der Waals surface area (Å²) in [4.78, 5) is 13.3. The first-order valence-electron chi connectivity index (χ1n) is 12.6. The highest BCUT2D eigenvalue weighted by atomic mass is 35.5. The standard InChI is InChI=1S/C30H19ClF3N3O3S/c31-20-10-8-17(9-11-20)23-16-24-22-6-1-2-7-26(22)40-30(37(24)36-23)27(41-28(38)35-30)15-21-12-13-25(39-21)18-4-3-5-19(14-18)29(32,33)34/h1-15,24H,16H2,(H,35,38)/b27-15-. The highest BCUT2D eigenvalue weighted by Gasteiger charge is 2.58. The molecular formula is C30H19ClF3N3O3S. The molecule has 0 radical (unpaired) electrons. The van der Waals surface area contributed by atoms with E-state index >= 15 is 0 Å². The Morgan fingerprint density at radius 1 is 1.02 bits per heavy atom. The van der Waals surface area contributed by atoms with Crippen LogP contribution in [-0.4, -0.2) is 21.8 Å². The van der Waals surface area contributed by atoms with Crippen molar-refractivity contribution in [2.45, 2.75) is 24.5 Å². The molecule has 1 saturated heterocycles. The molecule has 6 nitrogen and oxygen atoms in total. The van der Waals surface area contributed by atoms with E-state index in [2.05, 4.69) is 5.32 Å². The Bertz CT molecular complexity index is 1750. The van der Waals surface area contributed by atoms with Crippen LogP contribution in [0.3, 0.4) is 0 Å². The van der Waals surface area contributed by atoms with Crippen molar-refractivity contribution in [1.82, 2.24) is 10.3 Å². The first-order valence-corrected chi connectivity index (χ1v) is 13.8. The second-order valence-electron chi connectivity index (χ2n) is 9.71. The number of amides is 1. The quantitative estimate of drug-likeness (QED) is 0.259. The van der Waals surface area contributed by atoms with Crippen molar-refractivity contribution in [3.8, 4) is 17.1 Å². The first kappa shape index (κ1) is 25.8. The van der Waals surface area contributed by atoms with Gasteiger partial charge in [0.1, 0.15) is 17.3 Å². The highest BCUT2D eigenvalue weighted by Crippen LogP contribution is 2.52. The van der Waals surface area contributed by atoms with E-state index in [-0.39, 0.29) is 22.6 Å². The molecule has 0 aliphatic carbocycles. The summed E-state index contributed by atoms with van der Waals surface area (Å²) in [6.45, 7) is 0. The van der Waals surface area contributed by atoms with Crippen LogP contribution in [0.1, 0.15) is 34.9 Å². The number of hydrogen-bond donors (Lipinski definition) is 1. The second-order valence-corrected chi connectivity index (χ2v) is 11.2. The number of nitrogens with zero attached hydrogens (tertiary/aromatic N) is 2. The molecule has 1 N–H and O–H groups in total. The van der Waals surface area contributed by atoms with E-state index in [1.807, 2.05) is 36.4 Å². The Balaban J connectivity index is 1.30. The topological polar surface area (TPSA) is 67.1 Å². The number of hydrazone groups is 1. The minimum atomic E-state index is -4.47. The van der Waals surface area contributed by atoms with Gasteiger partial charge < -0.3 is 9.15 Å². The molecule has 0 saturated carbocycles. The zero-order valence-electron chi connectivity index (χ0n) is 21.0. The van der Waals surface area contributed by atoms with Crippen LogP contribution < -0.4 is 10.1 Å². The molecule has 11 heteroatoms. The summed E-state index contributed by atoms with van der Waals surface area (Å²) in [6, 6.07) is 22.9. The zero-order chi connectivity index (χ0) is 28.4. The van der Waals surface area contributed by atoms with E-state index in [1.165, 1.54) is 6.07 Å². The number of rotatable bonds is 3. The van der Waals surface area contributed by atoms with Crippen LogP contribution in [0.5, 0.6) is 5.75 Å². The predicted molar refractivity (Wildman–Crippen MR) is 150 cm³/mol. The lowest BCUT2D eigenvalue weighted by atomic mass is 9.96. The third-order valence-electron chi connectivity index (χ3n) is 7.13. The molecular weight excluding hydrogens is 575 g/mol. The highest BCUT2D eigenvalue weighted by molar-refractivity contribution is 8.17. The van der Waals surface area contributed by atoms with Crippen molar-refractivity contribution in [1.29, 1.82) is 0 Å².